The molecule has 1 aromatic rings. The van der Waals surface area contributed by atoms with Gasteiger partial charge in [-0.2, -0.15) is 0 Å². The van der Waals surface area contributed by atoms with E-state index in [9.17, 15) is 4.79 Å². The van der Waals surface area contributed by atoms with Crippen LogP contribution in [0.15, 0.2) is 18.2 Å². The molecule has 2 rings (SSSR count). The van der Waals surface area contributed by atoms with E-state index < -0.39 is 5.91 Å². The molecule has 1 amide bonds. The second kappa shape index (κ2) is 5.48. The normalized spacial score (nSPS) is 18.3. The molecule has 0 spiro atoms. The van der Waals surface area contributed by atoms with Crippen molar-refractivity contribution in [2.45, 2.75) is 18.9 Å². The first-order valence-electron chi connectivity index (χ1n) is 5.95. The lowest BCUT2D eigenvalue weighted by molar-refractivity contribution is -0.0375. The lowest BCUT2D eigenvalue weighted by Crippen LogP contribution is -2.24. The van der Waals surface area contributed by atoms with Crippen LogP contribution in [-0.4, -0.2) is 41.5 Å². The number of carbonyl (C=O) groups is 1. The number of hydrogen-bond acceptors (Lipinski definition) is 4. The maximum atomic E-state index is 11.6. The first kappa shape index (κ1) is 13.0. The van der Waals surface area contributed by atoms with Crippen LogP contribution in [0.1, 0.15) is 34.0 Å². The Morgan fingerprint density at radius 1 is 1.56 bits per heavy atom. The average Bonchev–Trinajstić information content (AvgIpc) is 2.38. The zero-order valence-electron chi connectivity index (χ0n) is 10.3. The number of carbonyl (C=O) groups excluding carboxylic acids is 1. The van der Waals surface area contributed by atoms with Crippen molar-refractivity contribution in [2.75, 3.05) is 20.3 Å². The number of hydroxylamine groups is 2. The standard InChI is InChI=1S/C13H17NO4/c1-14(17)13(16)10-2-3-11-9(8-10)5-7-18-12(11)4-6-15/h2-3,8,12,15,17H,4-7H2,1H3. The van der Waals surface area contributed by atoms with Crippen LogP contribution >= 0.6 is 0 Å². The number of amides is 1. The zero-order chi connectivity index (χ0) is 13.1. The lowest BCUT2D eigenvalue weighted by Gasteiger charge is -2.26. The molecule has 1 heterocycles. The summed E-state index contributed by atoms with van der Waals surface area (Å²) in [5.41, 5.74) is 2.53. The van der Waals surface area contributed by atoms with Gasteiger partial charge in [0.1, 0.15) is 0 Å². The molecule has 18 heavy (non-hydrogen) atoms. The summed E-state index contributed by atoms with van der Waals surface area (Å²) >= 11 is 0. The first-order chi connectivity index (χ1) is 8.63. The van der Waals surface area contributed by atoms with Crippen LogP contribution in [-0.2, 0) is 11.2 Å². The molecule has 5 heteroatoms. The lowest BCUT2D eigenvalue weighted by atomic mass is 9.94. The quantitative estimate of drug-likeness (QED) is 0.624. The van der Waals surface area contributed by atoms with Crippen molar-refractivity contribution in [3.05, 3.63) is 34.9 Å². The van der Waals surface area contributed by atoms with Crippen LogP contribution in [0.4, 0.5) is 0 Å². The van der Waals surface area contributed by atoms with Crippen molar-refractivity contribution in [1.82, 2.24) is 5.06 Å². The number of aliphatic hydroxyl groups is 1. The van der Waals surface area contributed by atoms with E-state index in [1.807, 2.05) is 6.07 Å². The molecular weight excluding hydrogens is 234 g/mol. The van der Waals surface area contributed by atoms with E-state index in [1.165, 1.54) is 7.05 Å². The summed E-state index contributed by atoms with van der Waals surface area (Å²) in [5, 5.41) is 18.7. The Hall–Kier alpha value is -1.43. The van der Waals surface area contributed by atoms with Gasteiger partial charge < -0.3 is 9.84 Å². The molecule has 1 aromatic carbocycles. The van der Waals surface area contributed by atoms with Gasteiger partial charge in [-0.3, -0.25) is 10.0 Å². The van der Waals surface area contributed by atoms with Crippen molar-refractivity contribution in [3.8, 4) is 0 Å². The molecule has 2 N–H and O–H groups in total. The van der Waals surface area contributed by atoms with Gasteiger partial charge in [-0.25, -0.2) is 5.06 Å². The fourth-order valence-corrected chi connectivity index (χ4v) is 2.21. The SMILES string of the molecule is CN(O)C(=O)c1ccc2c(c1)CCOC2CCO. The summed E-state index contributed by atoms with van der Waals surface area (Å²) in [6, 6.07) is 5.30. The summed E-state index contributed by atoms with van der Waals surface area (Å²) in [6.07, 6.45) is 1.20. The number of rotatable bonds is 3. The Kier molecular flexibility index (Phi) is 3.96. The Labute approximate surface area is 106 Å². The maximum absolute atomic E-state index is 11.6. The highest BCUT2D eigenvalue weighted by Crippen LogP contribution is 2.30. The average molecular weight is 251 g/mol. The fourth-order valence-electron chi connectivity index (χ4n) is 2.21. The molecule has 0 bridgehead atoms. The van der Waals surface area contributed by atoms with E-state index in [0.717, 1.165) is 17.5 Å². The highest BCUT2D eigenvalue weighted by molar-refractivity contribution is 5.93. The number of ether oxygens (including phenoxy) is 1. The highest BCUT2D eigenvalue weighted by Gasteiger charge is 2.22. The molecule has 1 aliphatic heterocycles. The highest BCUT2D eigenvalue weighted by atomic mass is 16.5. The van der Waals surface area contributed by atoms with Crippen molar-refractivity contribution < 1.29 is 19.8 Å². The number of fused-ring (bicyclic) bond motifs is 1. The zero-order valence-corrected chi connectivity index (χ0v) is 10.3. The summed E-state index contributed by atoms with van der Waals surface area (Å²) < 4.78 is 5.59. The van der Waals surface area contributed by atoms with Crippen molar-refractivity contribution in [2.24, 2.45) is 0 Å². The van der Waals surface area contributed by atoms with Crippen LogP contribution in [0, 0.1) is 0 Å². The number of nitrogens with zero attached hydrogens (tertiary/aromatic N) is 1. The third-order valence-corrected chi connectivity index (χ3v) is 3.11. The van der Waals surface area contributed by atoms with E-state index in [4.69, 9.17) is 15.1 Å². The smallest absolute Gasteiger partial charge is 0.276 e. The first-order valence-corrected chi connectivity index (χ1v) is 5.95. The molecule has 0 aliphatic carbocycles. The molecule has 0 fully saturated rings. The van der Waals surface area contributed by atoms with Gasteiger partial charge in [0.2, 0.25) is 0 Å². The fraction of sp³-hybridized carbons (Fsp3) is 0.462. The Morgan fingerprint density at radius 3 is 3.00 bits per heavy atom. The van der Waals surface area contributed by atoms with E-state index >= 15 is 0 Å². The van der Waals surface area contributed by atoms with Crippen molar-refractivity contribution >= 4 is 5.91 Å². The molecule has 0 saturated carbocycles. The summed E-state index contributed by atoms with van der Waals surface area (Å²) in [7, 11) is 1.31. The molecule has 0 radical (unpaired) electrons. The van der Waals surface area contributed by atoms with Crippen molar-refractivity contribution in [1.29, 1.82) is 0 Å². The second-order valence-electron chi connectivity index (χ2n) is 4.36. The Morgan fingerprint density at radius 2 is 2.33 bits per heavy atom. The van der Waals surface area contributed by atoms with Gasteiger partial charge in [0.15, 0.2) is 0 Å². The minimum Gasteiger partial charge on any atom is -0.396 e. The van der Waals surface area contributed by atoms with Crippen LogP contribution < -0.4 is 0 Å². The third-order valence-electron chi connectivity index (χ3n) is 3.11. The van der Waals surface area contributed by atoms with Crippen LogP contribution in [0.5, 0.6) is 0 Å². The van der Waals surface area contributed by atoms with Gasteiger partial charge in [0.05, 0.1) is 12.7 Å². The molecule has 1 atom stereocenters. The van der Waals surface area contributed by atoms with Gasteiger partial charge >= 0.3 is 0 Å². The Bertz CT molecular complexity index is 445. The van der Waals surface area contributed by atoms with E-state index in [2.05, 4.69) is 0 Å². The Balaban J connectivity index is 2.29. The summed E-state index contributed by atoms with van der Waals surface area (Å²) in [5.74, 6) is -0.428. The number of hydrogen-bond donors (Lipinski definition) is 2. The van der Waals surface area contributed by atoms with E-state index in [-0.39, 0.29) is 12.7 Å². The van der Waals surface area contributed by atoms with Gasteiger partial charge in [0.25, 0.3) is 5.91 Å². The molecule has 1 unspecified atom stereocenters. The summed E-state index contributed by atoms with van der Waals surface area (Å²) in [6.45, 7) is 0.661. The number of aliphatic hydroxyl groups excluding tert-OH is 1. The monoisotopic (exact) mass is 251 g/mol. The topological polar surface area (TPSA) is 70.0 Å². The predicted molar refractivity (Wildman–Crippen MR) is 64.4 cm³/mol. The van der Waals surface area contributed by atoms with Crippen LogP contribution in [0.2, 0.25) is 0 Å². The van der Waals surface area contributed by atoms with Crippen molar-refractivity contribution in [3.63, 3.8) is 0 Å². The van der Waals surface area contributed by atoms with E-state index in [1.54, 1.807) is 12.1 Å². The predicted octanol–water partition coefficient (Wildman–Crippen LogP) is 1.14. The molecule has 0 aromatic heterocycles. The minimum absolute atomic E-state index is 0.0736. The van der Waals surface area contributed by atoms with Gasteiger partial charge in [0, 0.05) is 25.6 Å². The van der Waals surface area contributed by atoms with Crippen LogP contribution in [0.3, 0.4) is 0 Å². The van der Waals surface area contributed by atoms with Crippen LogP contribution in [0.25, 0.3) is 0 Å². The third kappa shape index (κ3) is 2.53. The van der Waals surface area contributed by atoms with Gasteiger partial charge in [-0.15, -0.1) is 0 Å². The molecule has 0 saturated heterocycles. The number of benzene rings is 1. The molecular formula is C13H17NO4. The minimum atomic E-state index is -0.428. The molecule has 5 nitrogen and oxygen atoms in total. The van der Waals surface area contributed by atoms with E-state index in [0.29, 0.717) is 23.7 Å². The summed E-state index contributed by atoms with van der Waals surface area (Å²) in [4.78, 5) is 11.6. The van der Waals surface area contributed by atoms with Gasteiger partial charge in [-0.05, 0) is 29.7 Å². The largest absolute Gasteiger partial charge is 0.396 e. The molecule has 98 valence electrons. The molecule has 1 aliphatic rings. The van der Waals surface area contributed by atoms with Gasteiger partial charge in [-0.1, -0.05) is 6.07 Å². The maximum Gasteiger partial charge on any atom is 0.276 e. The second-order valence-corrected chi connectivity index (χ2v) is 4.36.